The molecule has 0 unspecified atom stereocenters. The Hall–Kier alpha value is -3.42. The summed E-state index contributed by atoms with van der Waals surface area (Å²) < 4.78 is 16.8. The van der Waals surface area contributed by atoms with Gasteiger partial charge >= 0.3 is 0 Å². The van der Waals surface area contributed by atoms with Crippen LogP contribution in [0.1, 0.15) is 5.56 Å². The maximum atomic E-state index is 5.64. The average Bonchev–Trinajstić information content (AvgIpc) is 2.88. The minimum atomic E-state index is -2.14. The quantitative estimate of drug-likeness (QED) is 0.383. The van der Waals surface area contributed by atoms with Crippen molar-refractivity contribution in [3.05, 3.63) is 109 Å². The van der Waals surface area contributed by atoms with Crippen LogP contribution in [0.4, 0.5) is 0 Å². The lowest BCUT2D eigenvalue weighted by molar-refractivity contribution is 0.324. The Morgan fingerprint density at radius 2 is 0.906 bits per heavy atom. The van der Waals surface area contributed by atoms with Crippen molar-refractivity contribution >= 4 is 28.6 Å². The second-order valence-electron chi connectivity index (χ2n) is 7.32. The zero-order chi connectivity index (χ0) is 22.4. The van der Waals surface area contributed by atoms with E-state index in [0.29, 0.717) is 17.2 Å². The topological polar surface area (TPSA) is 27.7 Å². The first-order valence-electron chi connectivity index (χ1n) is 10.4. The molecular weight excluding hydrogens is 415 g/mol. The molecule has 0 radical (unpaired) electrons. The highest BCUT2D eigenvalue weighted by molar-refractivity contribution is 7.94. The zero-order valence-electron chi connectivity index (χ0n) is 18.6. The van der Waals surface area contributed by atoms with Crippen molar-refractivity contribution in [1.82, 2.24) is 0 Å². The van der Waals surface area contributed by atoms with Crippen molar-refractivity contribution in [2.75, 3.05) is 21.3 Å². The van der Waals surface area contributed by atoms with Gasteiger partial charge in [0.05, 0.1) is 21.3 Å². The highest BCUT2D eigenvalue weighted by Gasteiger charge is 2.25. The molecule has 0 atom stereocenters. The maximum Gasteiger partial charge on any atom is 0.203 e. The summed E-state index contributed by atoms with van der Waals surface area (Å²) in [5, 5.41) is 3.85. The maximum absolute atomic E-state index is 5.64. The van der Waals surface area contributed by atoms with Gasteiger partial charge in [-0.25, -0.2) is 0 Å². The molecule has 0 aromatic heterocycles. The second-order valence-corrected chi connectivity index (χ2v) is 10.6. The first kappa shape index (κ1) is 21.8. The average molecular weight is 442 g/mol. The van der Waals surface area contributed by atoms with Crippen LogP contribution in [0.5, 0.6) is 17.2 Å². The molecule has 0 fully saturated rings. The smallest absolute Gasteiger partial charge is 0.203 e. The van der Waals surface area contributed by atoms with Gasteiger partial charge in [0.25, 0.3) is 0 Å². The van der Waals surface area contributed by atoms with Gasteiger partial charge in [-0.15, -0.1) is 0 Å². The summed E-state index contributed by atoms with van der Waals surface area (Å²) in [5.74, 6) is 4.27. The number of rotatable bonds is 7. The van der Waals surface area contributed by atoms with Crippen LogP contribution in [0.2, 0.25) is 0 Å². The molecule has 0 saturated heterocycles. The van der Waals surface area contributed by atoms with Crippen LogP contribution in [-0.4, -0.2) is 27.1 Å². The van der Waals surface area contributed by atoms with Crippen LogP contribution in [0, 0.1) is 0 Å². The number of ether oxygens (including phenoxy) is 3. The number of benzene rings is 4. The van der Waals surface area contributed by atoms with Crippen molar-refractivity contribution < 1.29 is 14.2 Å². The number of hydrogen-bond donors (Lipinski definition) is 0. The minimum absolute atomic E-state index is 0.593. The van der Waals surface area contributed by atoms with Crippen molar-refractivity contribution in [2.45, 2.75) is 0 Å². The molecule has 0 aliphatic heterocycles. The molecule has 0 bridgehead atoms. The van der Waals surface area contributed by atoms with Crippen LogP contribution in [0.15, 0.2) is 103 Å². The van der Waals surface area contributed by atoms with Crippen molar-refractivity contribution in [2.24, 2.45) is 0 Å². The van der Waals surface area contributed by atoms with E-state index in [0.717, 1.165) is 5.56 Å². The predicted molar refractivity (Wildman–Crippen MR) is 136 cm³/mol. The fourth-order valence-electron chi connectivity index (χ4n) is 4.06. The van der Waals surface area contributed by atoms with Gasteiger partial charge in [-0.1, -0.05) is 91.0 Å². The fourth-order valence-corrected chi connectivity index (χ4v) is 7.92. The van der Waals surface area contributed by atoms with Gasteiger partial charge in [0, 0.05) is 0 Å². The van der Waals surface area contributed by atoms with Crippen LogP contribution >= 0.6 is 6.89 Å². The molecule has 0 spiro atoms. The summed E-state index contributed by atoms with van der Waals surface area (Å²) in [7, 11) is 4.92. The lowest BCUT2D eigenvalue weighted by Gasteiger charge is -2.29. The Bertz CT molecular complexity index is 1090. The third kappa shape index (κ3) is 4.04. The van der Waals surface area contributed by atoms with E-state index in [1.807, 2.05) is 12.1 Å². The summed E-state index contributed by atoms with van der Waals surface area (Å²) in [6.07, 6.45) is 0. The standard InChI is InChI=1S/C28H27O3P/c1-29-26-19-22(20-27(30-2)28(26)31-3)21-32(23-13-7-4-8-14-23,24-15-9-5-10-16-24)25-17-11-6-12-18-25/h4-21H,1-3H3. The molecule has 4 aromatic carbocycles. The SMILES string of the molecule is COc1cc(C=P(c2ccccc2)(c2ccccc2)c2ccccc2)cc(OC)c1OC. The molecular formula is C28H27O3P. The van der Waals surface area contributed by atoms with Crippen molar-refractivity contribution in [3.8, 4) is 17.2 Å². The van der Waals surface area contributed by atoms with Crippen LogP contribution in [-0.2, 0) is 0 Å². The predicted octanol–water partition coefficient (Wildman–Crippen LogP) is 4.86. The first-order valence-corrected chi connectivity index (χ1v) is 12.3. The van der Waals surface area contributed by atoms with Gasteiger partial charge < -0.3 is 14.2 Å². The molecule has 4 aromatic rings. The molecule has 32 heavy (non-hydrogen) atoms. The number of methoxy groups -OCH3 is 3. The van der Waals surface area contributed by atoms with Gasteiger partial charge in [0.2, 0.25) is 5.75 Å². The second kappa shape index (κ2) is 9.80. The van der Waals surface area contributed by atoms with E-state index in [2.05, 4.69) is 96.8 Å². The highest BCUT2D eigenvalue weighted by Crippen LogP contribution is 2.46. The summed E-state index contributed by atoms with van der Waals surface area (Å²) >= 11 is 0. The van der Waals surface area contributed by atoms with E-state index >= 15 is 0 Å². The minimum Gasteiger partial charge on any atom is -0.493 e. The Labute approximate surface area is 190 Å². The molecule has 3 nitrogen and oxygen atoms in total. The third-order valence-electron chi connectivity index (χ3n) is 5.52. The lowest BCUT2D eigenvalue weighted by atomic mass is 10.2. The summed E-state index contributed by atoms with van der Waals surface area (Å²) in [4.78, 5) is 0. The molecule has 162 valence electrons. The molecule has 4 heteroatoms. The summed E-state index contributed by atoms with van der Waals surface area (Å²) in [6, 6.07) is 36.2. The number of hydrogen-bond acceptors (Lipinski definition) is 3. The highest BCUT2D eigenvalue weighted by atomic mass is 31.2. The summed E-state index contributed by atoms with van der Waals surface area (Å²) in [6.45, 7) is -2.14. The third-order valence-corrected chi connectivity index (χ3v) is 9.54. The molecule has 4 rings (SSSR count). The van der Waals surface area contributed by atoms with Gasteiger partial charge in [0.1, 0.15) is 0 Å². The Morgan fingerprint density at radius 1 is 0.531 bits per heavy atom. The molecule has 0 heterocycles. The van der Waals surface area contributed by atoms with Crippen molar-refractivity contribution in [1.29, 1.82) is 0 Å². The zero-order valence-corrected chi connectivity index (χ0v) is 19.5. The van der Waals surface area contributed by atoms with Gasteiger partial charge in [0.15, 0.2) is 11.5 Å². The van der Waals surface area contributed by atoms with E-state index in [1.165, 1.54) is 15.9 Å². The Kier molecular flexibility index (Phi) is 6.68. The van der Waals surface area contributed by atoms with Gasteiger partial charge in [-0.2, -0.15) is 0 Å². The molecule has 0 aliphatic carbocycles. The molecule has 0 amide bonds. The molecule has 0 aliphatic rings. The van der Waals surface area contributed by atoms with Crippen LogP contribution in [0.25, 0.3) is 0 Å². The van der Waals surface area contributed by atoms with Crippen LogP contribution < -0.4 is 30.1 Å². The van der Waals surface area contributed by atoms with E-state index in [4.69, 9.17) is 14.2 Å². The van der Waals surface area contributed by atoms with Gasteiger partial charge in [-0.3, -0.25) is 0 Å². The van der Waals surface area contributed by atoms with E-state index in [1.54, 1.807) is 21.3 Å². The van der Waals surface area contributed by atoms with Gasteiger partial charge in [-0.05, 0) is 46.3 Å². The lowest BCUT2D eigenvalue weighted by Crippen LogP contribution is -2.27. The van der Waals surface area contributed by atoms with E-state index in [-0.39, 0.29) is 0 Å². The van der Waals surface area contributed by atoms with Crippen molar-refractivity contribution in [3.63, 3.8) is 0 Å². The normalized spacial score (nSPS) is 11.0. The van der Waals surface area contributed by atoms with E-state index in [9.17, 15) is 0 Å². The molecule has 0 N–H and O–H groups in total. The molecule has 0 saturated carbocycles. The Morgan fingerprint density at radius 3 is 1.22 bits per heavy atom. The largest absolute Gasteiger partial charge is 0.493 e. The summed E-state index contributed by atoms with van der Waals surface area (Å²) in [5.41, 5.74) is 1.02. The Balaban J connectivity index is 2.13. The van der Waals surface area contributed by atoms with E-state index < -0.39 is 6.89 Å². The monoisotopic (exact) mass is 442 g/mol. The fraction of sp³-hybridized carbons (Fsp3) is 0.107. The first-order chi connectivity index (χ1) is 15.7. The van der Waals surface area contributed by atoms with Crippen LogP contribution in [0.3, 0.4) is 0 Å².